The molecule has 0 saturated carbocycles. The molecule has 8 nitrogen and oxygen atoms in total. The van der Waals surface area contributed by atoms with Crippen LogP contribution in [0.5, 0.6) is 23.0 Å². The molecule has 1 N–H and O–H groups in total. The molecule has 9 heteroatoms. The molecule has 0 radical (unpaired) electrons. The van der Waals surface area contributed by atoms with E-state index in [4.69, 9.17) is 23.0 Å². The smallest absolute Gasteiger partial charge is 0.481 e. The Bertz CT molecular complexity index is 1350. The van der Waals surface area contributed by atoms with Gasteiger partial charge in [-0.2, -0.15) is 0 Å². The number of hydrogen-bond donors (Lipinski definition) is 1. The summed E-state index contributed by atoms with van der Waals surface area (Å²) < 4.78 is 41.9. The number of carbonyl (C=O) groups is 1. The minimum atomic E-state index is -3.96. The second-order valence-electron chi connectivity index (χ2n) is 8.12. The molecule has 1 heterocycles. The average Bonchev–Trinajstić information content (AvgIpc) is 2.93. The number of ether oxygens (including phenoxy) is 2. The van der Waals surface area contributed by atoms with Gasteiger partial charge < -0.3 is 19.3 Å². The topological polar surface area (TPSA) is 92.3 Å². The van der Waals surface area contributed by atoms with Gasteiger partial charge in [0.2, 0.25) is 0 Å². The lowest BCUT2D eigenvalue weighted by molar-refractivity contribution is -0.118. The molecule has 188 valence electrons. The fourth-order valence-corrected chi connectivity index (χ4v) is 4.67. The number of anilines is 1. The monoisotopic (exact) mass is 517 g/mol. The van der Waals surface area contributed by atoms with Crippen LogP contribution in [0.3, 0.4) is 0 Å². The van der Waals surface area contributed by atoms with E-state index in [2.05, 4.69) is 5.32 Å². The van der Waals surface area contributed by atoms with E-state index < -0.39 is 7.82 Å². The summed E-state index contributed by atoms with van der Waals surface area (Å²) in [4.78, 5) is 11.4. The van der Waals surface area contributed by atoms with Crippen LogP contribution in [-0.2, 0) is 31.6 Å². The van der Waals surface area contributed by atoms with E-state index in [9.17, 15) is 9.36 Å². The molecule has 1 aliphatic rings. The van der Waals surface area contributed by atoms with Gasteiger partial charge >= 0.3 is 7.82 Å². The van der Waals surface area contributed by atoms with E-state index in [0.29, 0.717) is 28.7 Å². The van der Waals surface area contributed by atoms with Gasteiger partial charge in [-0.15, -0.1) is 0 Å². The van der Waals surface area contributed by atoms with Crippen molar-refractivity contribution in [2.75, 3.05) is 11.9 Å². The van der Waals surface area contributed by atoms with Crippen LogP contribution in [-0.4, -0.2) is 12.5 Å². The number of rotatable bonds is 10. The first-order valence-corrected chi connectivity index (χ1v) is 13.0. The lowest BCUT2D eigenvalue weighted by Gasteiger charge is -2.19. The van der Waals surface area contributed by atoms with Gasteiger partial charge in [0.15, 0.2) is 6.61 Å². The van der Waals surface area contributed by atoms with Crippen LogP contribution in [0.25, 0.3) is 0 Å². The van der Waals surface area contributed by atoms with Crippen LogP contribution in [0.15, 0.2) is 103 Å². The van der Waals surface area contributed by atoms with Gasteiger partial charge in [0.05, 0.1) is 18.9 Å². The minimum Gasteiger partial charge on any atom is -0.481 e. The molecule has 5 rings (SSSR count). The van der Waals surface area contributed by atoms with Crippen molar-refractivity contribution in [2.45, 2.75) is 13.2 Å². The van der Waals surface area contributed by atoms with Crippen LogP contribution >= 0.6 is 7.82 Å². The Kier molecular flexibility index (Phi) is 7.51. The number of carbonyl (C=O) groups excluding carboxylic acids is 1. The van der Waals surface area contributed by atoms with Gasteiger partial charge in [-0.25, -0.2) is 4.57 Å². The molecule has 4 aromatic carbocycles. The fourth-order valence-electron chi connectivity index (χ4n) is 3.50. The first-order valence-electron chi connectivity index (χ1n) is 11.6. The number of phosphoric ester groups is 1. The van der Waals surface area contributed by atoms with Crippen LogP contribution in [0.4, 0.5) is 5.69 Å². The lowest BCUT2D eigenvalue weighted by atomic mass is 10.2. The van der Waals surface area contributed by atoms with Gasteiger partial charge in [-0.05, 0) is 47.5 Å². The van der Waals surface area contributed by atoms with Crippen molar-refractivity contribution in [2.24, 2.45) is 0 Å². The fraction of sp³-hybridized carbons (Fsp3) is 0.107. The number of amides is 1. The molecule has 0 bridgehead atoms. The number of benzene rings is 4. The van der Waals surface area contributed by atoms with Crippen molar-refractivity contribution in [1.29, 1.82) is 0 Å². The molecular formula is C28H24NO7P. The Labute approximate surface area is 214 Å². The highest BCUT2D eigenvalue weighted by Gasteiger charge is 2.29. The van der Waals surface area contributed by atoms with Crippen LogP contribution < -0.4 is 19.3 Å². The van der Waals surface area contributed by atoms with E-state index in [1.807, 2.05) is 60.7 Å². The first-order chi connectivity index (χ1) is 18.0. The summed E-state index contributed by atoms with van der Waals surface area (Å²) in [6.45, 7) is 0.0884. The largest absolute Gasteiger partial charge is 0.530 e. The predicted molar refractivity (Wildman–Crippen MR) is 138 cm³/mol. The Morgan fingerprint density at radius 1 is 0.730 bits per heavy atom. The quantitative estimate of drug-likeness (QED) is 0.233. The average molecular weight is 517 g/mol. The molecule has 0 aromatic heterocycles. The third-order valence-corrected chi connectivity index (χ3v) is 6.65. The Balaban J connectivity index is 1.26. The van der Waals surface area contributed by atoms with Crippen molar-refractivity contribution < 1.29 is 32.4 Å². The summed E-state index contributed by atoms with van der Waals surface area (Å²) in [7, 11) is -3.96. The molecule has 0 fully saturated rings. The summed E-state index contributed by atoms with van der Waals surface area (Å²) >= 11 is 0. The van der Waals surface area contributed by atoms with Gasteiger partial charge in [0.1, 0.15) is 23.0 Å². The zero-order chi connectivity index (χ0) is 25.5. The van der Waals surface area contributed by atoms with Gasteiger partial charge in [-0.1, -0.05) is 60.7 Å². The molecule has 37 heavy (non-hydrogen) atoms. The van der Waals surface area contributed by atoms with Crippen LogP contribution in [0.2, 0.25) is 0 Å². The van der Waals surface area contributed by atoms with Gasteiger partial charge in [-0.3, -0.25) is 13.8 Å². The number of phosphoric acid groups is 1. The van der Waals surface area contributed by atoms with Gasteiger partial charge in [0.25, 0.3) is 5.91 Å². The molecule has 0 atom stereocenters. The van der Waals surface area contributed by atoms with Gasteiger partial charge in [0, 0.05) is 6.07 Å². The highest BCUT2D eigenvalue weighted by atomic mass is 31.2. The predicted octanol–water partition coefficient (Wildman–Crippen LogP) is 6.73. The van der Waals surface area contributed by atoms with E-state index in [0.717, 1.165) is 11.1 Å². The lowest BCUT2D eigenvalue weighted by Crippen LogP contribution is -2.25. The molecule has 0 spiro atoms. The molecule has 0 unspecified atom stereocenters. The normalized spacial score (nSPS) is 12.7. The molecular weight excluding hydrogens is 493 g/mol. The van der Waals surface area contributed by atoms with Crippen molar-refractivity contribution in [3.05, 3.63) is 114 Å². The second kappa shape index (κ2) is 11.3. The van der Waals surface area contributed by atoms with Crippen molar-refractivity contribution >= 4 is 19.4 Å². The van der Waals surface area contributed by atoms with Crippen molar-refractivity contribution in [3.63, 3.8) is 0 Å². The molecule has 1 amide bonds. The van der Waals surface area contributed by atoms with Crippen molar-refractivity contribution in [1.82, 2.24) is 0 Å². The van der Waals surface area contributed by atoms with Crippen molar-refractivity contribution in [3.8, 4) is 23.0 Å². The summed E-state index contributed by atoms with van der Waals surface area (Å²) in [5.41, 5.74) is 2.27. The summed E-state index contributed by atoms with van der Waals surface area (Å²) in [5, 5.41) is 2.74. The standard InChI is InChI=1S/C28H24NO7P/c30-28-20-32-27-17-25(15-16-26(27)29-28)35-23-11-13-24(14-12-23)36-37(31,33-18-21-7-3-1-4-8-21)34-19-22-9-5-2-6-10-22/h1-17H,18-20H2,(H,29,30). The highest BCUT2D eigenvalue weighted by Crippen LogP contribution is 2.51. The zero-order valence-corrected chi connectivity index (χ0v) is 20.6. The third-order valence-electron chi connectivity index (χ3n) is 5.33. The SMILES string of the molecule is O=C1COc2cc(Oc3ccc(OP(=O)(OCc4ccccc4)OCc4ccccc4)cc3)ccc2N1. The van der Waals surface area contributed by atoms with E-state index >= 15 is 0 Å². The molecule has 0 aliphatic carbocycles. The third kappa shape index (κ3) is 6.77. The van der Waals surface area contributed by atoms with E-state index in [-0.39, 0.29) is 25.7 Å². The van der Waals surface area contributed by atoms with Crippen LogP contribution in [0.1, 0.15) is 11.1 Å². The summed E-state index contributed by atoms with van der Waals surface area (Å²) in [6, 6.07) is 30.5. The maximum absolute atomic E-state index is 13.5. The number of hydrogen-bond acceptors (Lipinski definition) is 7. The van der Waals surface area contributed by atoms with E-state index in [1.165, 1.54) is 0 Å². The maximum Gasteiger partial charge on any atom is 0.530 e. The summed E-state index contributed by atoms with van der Waals surface area (Å²) in [5.74, 6) is 1.69. The molecule has 4 aromatic rings. The Morgan fingerprint density at radius 2 is 1.30 bits per heavy atom. The number of fused-ring (bicyclic) bond motifs is 1. The second-order valence-corrected chi connectivity index (χ2v) is 9.72. The Morgan fingerprint density at radius 3 is 1.92 bits per heavy atom. The van der Waals surface area contributed by atoms with Crippen LogP contribution in [0, 0.1) is 0 Å². The van der Waals surface area contributed by atoms with E-state index in [1.54, 1.807) is 42.5 Å². The summed E-state index contributed by atoms with van der Waals surface area (Å²) in [6.07, 6.45) is 0. The molecule has 1 aliphatic heterocycles. The first kappa shape index (κ1) is 24.6. The Hall–Kier alpha value is -4.10. The maximum atomic E-state index is 13.5. The minimum absolute atomic E-state index is 0.0404. The number of nitrogens with one attached hydrogen (secondary N) is 1. The zero-order valence-electron chi connectivity index (χ0n) is 19.7. The highest BCUT2D eigenvalue weighted by molar-refractivity contribution is 7.48. The molecule has 0 saturated heterocycles.